The Kier molecular flexibility index (Phi) is 4.85. The first kappa shape index (κ1) is 15.7. The lowest BCUT2D eigenvalue weighted by molar-refractivity contribution is -0.118. The summed E-state index contributed by atoms with van der Waals surface area (Å²) in [6, 6.07) is 3.34. The summed E-state index contributed by atoms with van der Waals surface area (Å²) in [5, 5.41) is 9.29. The van der Waals surface area contributed by atoms with Gasteiger partial charge in [0.15, 0.2) is 0 Å². The first-order valence-electron chi connectivity index (χ1n) is 6.20. The number of likely N-dealkylation sites (N-methyl/N-ethyl adjacent to an activating group) is 1. The van der Waals surface area contributed by atoms with E-state index < -0.39 is 17.8 Å². The summed E-state index contributed by atoms with van der Waals surface area (Å²) in [6.07, 6.45) is 0. The zero-order chi connectivity index (χ0) is 15.4. The minimum atomic E-state index is -1.16. The molecule has 0 spiro atoms. The number of nitrogens with zero attached hydrogens (tertiary/aromatic N) is 1. The number of carboxylic acid groups (broad SMARTS) is 1. The van der Waals surface area contributed by atoms with Crippen molar-refractivity contribution in [2.45, 2.75) is 20.8 Å². The largest absolute Gasteiger partial charge is 0.478 e. The Hall–Kier alpha value is -2.37. The van der Waals surface area contributed by atoms with E-state index in [-0.39, 0.29) is 24.2 Å². The zero-order valence-electron chi connectivity index (χ0n) is 11.8. The molecule has 0 bridgehead atoms. The van der Waals surface area contributed by atoms with E-state index in [9.17, 15) is 19.5 Å². The Morgan fingerprint density at radius 2 is 1.65 bits per heavy atom. The minimum absolute atomic E-state index is 0.0297. The number of carboxylic acids is 1. The van der Waals surface area contributed by atoms with Crippen LogP contribution in [0.1, 0.15) is 38.8 Å². The highest BCUT2D eigenvalue weighted by molar-refractivity contribution is 6.07. The molecule has 0 aliphatic carbocycles. The fraction of sp³-hybridized carbons (Fsp3) is 0.357. The lowest BCUT2D eigenvalue weighted by atomic mass is 9.96. The van der Waals surface area contributed by atoms with Gasteiger partial charge in [0.1, 0.15) is 0 Å². The van der Waals surface area contributed by atoms with Crippen LogP contribution < -0.4 is 5.73 Å². The lowest BCUT2D eigenvalue weighted by Gasteiger charge is -2.22. The average Bonchev–Trinajstić information content (AvgIpc) is 2.36. The van der Waals surface area contributed by atoms with E-state index in [4.69, 9.17) is 5.73 Å². The quantitative estimate of drug-likeness (QED) is 0.837. The summed E-state index contributed by atoms with van der Waals surface area (Å²) in [6.45, 7) is 5.03. The number of hydrogen-bond acceptors (Lipinski definition) is 3. The molecule has 1 aromatic rings. The van der Waals surface area contributed by atoms with Crippen LogP contribution in [-0.4, -0.2) is 40.9 Å². The molecule has 0 saturated carbocycles. The van der Waals surface area contributed by atoms with Crippen molar-refractivity contribution in [1.82, 2.24) is 4.90 Å². The molecule has 0 unspecified atom stereocenters. The molecule has 3 N–H and O–H groups in total. The van der Waals surface area contributed by atoms with Crippen LogP contribution in [0.3, 0.4) is 0 Å². The summed E-state index contributed by atoms with van der Waals surface area (Å²) in [5.74, 6) is -2.29. The van der Waals surface area contributed by atoms with E-state index >= 15 is 0 Å². The molecule has 6 nitrogen and oxygen atoms in total. The molecule has 20 heavy (non-hydrogen) atoms. The van der Waals surface area contributed by atoms with Crippen molar-refractivity contribution in [1.29, 1.82) is 0 Å². The molecule has 0 aliphatic heterocycles. The van der Waals surface area contributed by atoms with Gasteiger partial charge in [0.25, 0.3) is 5.91 Å². The van der Waals surface area contributed by atoms with Crippen molar-refractivity contribution in [3.05, 3.63) is 34.4 Å². The van der Waals surface area contributed by atoms with Gasteiger partial charge in [-0.05, 0) is 31.9 Å². The van der Waals surface area contributed by atoms with Crippen molar-refractivity contribution in [2.75, 3.05) is 13.1 Å². The fourth-order valence-electron chi connectivity index (χ4n) is 2.04. The Bertz CT molecular complexity index is 567. The number of rotatable bonds is 5. The maximum absolute atomic E-state index is 12.5. The second-order valence-electron chi connectivity index (χ2n) is 4.54. The third-order valence-electron chi connectivity index (χ3n) is 3.07. The first-order valence-corrected chi connectivity index (χ1v) is 6.20. The predicted molar refractivity (Wildman–Crippen MR) is 73.6 cm³/mol. The van der Waals surface area contributed by atoms with Gasteiger partial charge in [0.2, 0.25) is 5.91 Å². The van der Waals surface area contributed by atoms with Gasteiger partial charge in [-0.25, -0.2) is 4.79 Å². The number of amides is 2. The highest BCUT2D eigenvalue weighted by Crippen LogP contribution is 2.20. The van der Waals surface area contributed by atoms with Gasteiger partial charge >= 0.3 is 5.97 Å². The van der Waals surface area contributed by atoms with Crippen LogP contribution in [0.4, 0.5) is 0 Å². The number of nitrogens with two attached hydrogens (primary N) is 1. The first-order chi connectivity index (χ1) is 9.29. The number of aromatic carboxylic acids is 1. The normalized spacial score (nSPS) is 10.2. The number of primary amides is 1. The van der Waals surface area contributed by atoms with Gasteiger partial charge in [-0.1, -0.05) is 12.1 Å². The smallest absolute Gasteiger partial charge is 0.336 e. The second-order valence-corrected chi connectivity index (χ2v) is 4.54. The van der Waals surface area contributed by atoms with Crippen molar-refractivity contribution in [3.63, 3.8) is 0 Å². The van der Waals surface area contributed by atoms with Crippen LogP contribution in [0.2, 0.25) is 0 Å². The molecule has 0 saturated heterocycles. The van der Waals surface area contributed by atoms with E-state index in [0.717, 1.165) is 0 Å². The monoisotopic (exact) mass is 278 g/mol. The molecule has 0 aliphatic rings. The van der Waals surface area contributed by atoms with Gasteiger partial charge in [-0.15, -0.1) is 0 Å². The van der Waals surface area contributed by atoms with Gasteiger partial charge in [0.05, 0.1) is 17.7 Å². The van der Waals surface area contributed by atoms with Crippen LogP contribution in [0.5, 0.6) is 0 Å². The summed E-state index contributed by atoms with van der Waals surface area (Å²) in [5.41, 5.74) is 6.24. The second kappa shape index (κ2) is 6.18. The number of benzene rings is 1. The maximum atomic E-state index is 12.5. The Morgan fingerprint density at radius 1 is 1.15 bits per heavy atom. The molecule has 1 rings (SSSR count). The van der Waals surface area contributed by atoms with Crippen molar-refractivity contribution >= 4 is 17.8 Å². The summed E-state index contributed by atoms with van der Waals surface area (Å²) < 4.78 is 0. The van der Waals surface area contributed by atoms with E-state index in [1.54, 1.807) is 32.9 Å². The molecule has 0 atom stereocenters. The summed E-state index contributed by atoms with van der Waals surface area (Å²) >= 11 is 0. The predicted octanol–water partition coefficient (Wildman–Crippen LogP) is 0.949. The van der Waals surface area contributed by atoms with E-state index in [1.807, 2.05) is 0 Å². The van der Waals surface area contributed by atoms with E-state index in [1.165, 1.54) is 4.90 Å². The number of carbonyl (C=O) groups excluding carboxylic acids is 2. The molecule has 6 heteroatoms. The third kappa shape index (κ3) is 3.14. The number of carbonyl (C=O) groups is 3. The molecular formula is C14H18N2O4. The molecule has 108 valence electrons. The highest BCUT2D eigenvalue weighted by atomic mass is 16.4. The van der Waals surface area contributed by atoms with Crippen LogP contribution >= 0.6 is 0 Å². The van der Waals surface area contributed by atoms with Crippen LogP contribution in [0.15, 0.2) is 12.1 Å². The van der Waals surface area contributed by atoms with Gasteiger partial charge in [0, 0.05) is 6.54 Å². The maximum Gasteiger partial charge on any atom is 0.336 e. The third-order valence-corrected chi connectivity index (χ3v) is 3.07. The van der Waals surface area contributed by atoms with Crippen LogP contribution in [-0.2, 0) is 4.79 Å². The van der Waals surface area contributed by atoms with Crippen molar-refractivity contribution in [3.8, 4) is 0 Å². The SMILES string of the molecule is CCN(CC(N)=O)C(=O)c1c(C)ccc(C)c1C(=O)O. The fourth-order valence-corrected chi connectivity index (χ4v) is 2.04. The van der Waals surface area contributed by atoms with Gasteiger partial charge in [-0.2, -0.15) is 0 Å². The van der Waals surface area contributed by atoms with E-state index in [0.29, 0.717) is 11.1 Å². The van der Waals surface area contributed by atoms with Crippen LogP contribution in [0, 0.1) is 13.8 Å². The Morgan fingerprint density at radius 3 is 2.05 bits per heavy atom. The average molecular weight is 278 g/mol. The molecule has 2 amide bonds. The number of hydrogen-bond donors (Lipinski definition) is 2. The van der Waals surface area contributed by atoms with Gasteiger partial charge in [-0.3, -0.25) is 9.59 Å². The molecular weight excluding hydrogens is 260 g/mol. The summed E-state index contributed by atoms with van der Waals surface area (Å²) in [7, 11) is 0. The van der Waals surface area contributed by atoms with E-state index in [2.05, 4.69) is 0 Å². The molecule has 0 radical (unpaired) electrons. The topological polar surface area (TPSA) is 101 Å². The number of aryl methyl sites for hydroxylation is 2. The summed E-state index contributed by atoms with van der Waals surface area (Å²) in [4.78, 5) is 36.1. The van der Waals surface area contributed by atoms with Gasteiger partial charge < -0.3 is 15.7 Å². The van der Waals surface area contributed by atoms with Crippen molar-refractivity contribution < 1.29 is 19.5 Å². The molecule has 0 aromatic heterocycles. The Balaban J connectivity index is 3.37. The zero-order valence-corrected chi connectivity index (χ0v) is 11.8. The Labute approximate surface area is 117 Å². The molecule has 1 aromatic carbocycles. The highest BCUT2D eigenvalue weighted by Gasteiger charge is 2.25. The standard InChI is InChI=1S/C14H18N2O4/c1-4-16(7-10(15)17)13(18)11-8(2)5-6-9(3)12(11)14(19)20/h5-6H,4,7H2,1-3H3,(H2,15,17)(H,19,20). The molecule has 0 fully saturated rings. The molecule has 0 heterocycles. The van der Waals surface area contributed by atoms with Crippen LogP contribution in [0.25, 0.3) is 0 Å². The lowest BCUT2D eigenvalue weighted by Crippen LogP contribution is -2.39. The minimum Gasteiger partial charge on any atom is -0.478 e. The van der Waals surface area contributed by atoms with Crippen molar-refractivity contribution in [2.24, 2.45) is 5.73 Å².